The molecule has 2 aliphatic rings. The van der Waals surface area contributed by atoms with E-state index in [9.17, 15) is 9.90 Å². The van der Waals surface area contributed by atoms with Crippen LogP contribution in [0.5, 0.6) is 0 Å². The van der Waals surface area contributed by atoms with Gasteiger partial charge >= 0.3 is 0 Å². The molecule has 0 spiro atoms. The summed E-state index contributed by atoms with van der Waals surface area (Å²) in [5.41, 5.74) is 2.73. The quantitative estimate of drug-likeness (QED) is 0.578. The van der Waals surface area contributed by atoms with Gasteiger partial charge < -0.3 is 20.3 Å². The van der Waals surface area contributed by atoms with Crippen molar-refractivity contribution in [1.29, 1.82) is 0 Å². The molecule has 3 atom stereocenters. The van der Waals surface area contributed by atoms with Crippen LogP contribution >= 0.6 is 0 Å². The first-order valence-corrected chi connectivity index (χ1v) is 11.2. The number of nitrogens with zero attached hydrogens (tertiary/aromatic N) is 5. The molecule has 3 unspecified atom stereocenters. The predicted octanol–water partition coefficient (Wildman–Crippen LogP) is 2.38. The largest absolute Gasteiger partial charge is 0.391 e. The number of aliphatic hydroxyl groups excluding tert-OH is 1. The number of anilines is 2. The van der Waals surface area contributed by atoms with Gasteiger partial charge in [-0.05, 0) is 57.6 Å². The first-order valence-electron chi connectivity index (χ1n) is 11.2. The average Bonchev–Trinajstić information content (AvgIpc) is 3.37. The molecule has 1 aliphatic heterocycles. The van der Waals surface area contributed by atoms with Crippen molar-refractivity contribution in [2.24, 2.45) is 0 Å². The smallest absolute Gasteiger partial charge is 0.267 e. The van der Waals surface area contributed by atoms with Crippen molar-refractivity contribution >= 4 is 22.7 Å². The van der Waals surface area contributed by atoms with Crippen LogP contribution in [0.2, 0.25) is 0 Å². The van der Waals surface area contributed by atoms with Crippen molar-refractivity contribution in [3.05, 3.63) is 40.6 Å². The highest BCUT2D eigenvalue weighted by Gasteiger charge is 2.30. The molecule has 0 radical (unpaired) electrons. The maximum atomic E-state index is 12.4. The van der Waals surface area contributed by atoms with Gasteiger partial charge in [0.15, 0.2) is 5.82 Å². The summed E-state index contributed by atoms with van der Waals surface area (Å²) in [7, 11) is 0. The average molecular weight is 424 g/mol. The van der Waals surface area contributed by atoms with E-state index in [1.807, 2.05) is 19.1 Å². The van der Waals surface area contributed by atoms with Crippen LogP contribution in [0.3, 0.4) is 0 Å². The minimum atomic E-state index is -0.497. The Bertz CT molecular complexity index is 1120. The summed E-state index contributed by atoms with van der Waals surface area (Å²) in [5.74, 6) is 1.60. The number of hydrogen-bond donors (Lipinski definition) is 3. The number of hydrogen-bond acceptors (Lipinski definition) is 7. The van der Waals surface area contributed by atoms with Gasteiger partial charge in [0.2, 0.25) is 0 Å². The van der Waals surface area contributed by atoms with E-state index in [0.717, 1.165) is 80.0 Å². The molecular weight excluding hydrogens is 394 g/mol. The summed E-state index contributed by atoms with van der Waals surface area (Å²) in [5, 5.41) is 18.5. The number of H-pyrrole nitrogens is 1. The number of nitrogens with one attached hydrogen (secondary N) is 2. The van der Waals surface area contributed by atoms with Gasteiger partial charge in [-0.25, -0.2) is 14.6 Å². The van der Waals surface area contributed by atoms with Crippen molar-refractivity contribution in [1.82, 2.24) is 24.7 Å². The van der Waals surface area contributed by atoms with Gasteiger partial charge in [0.1, 0.15) is 17.7 Å². The van der Waals surface area contributed by atoms with Crippen LogP contribution < -0.4 is 15.8 Å². The van der Waals surface area contributed by atoms with E-state index < -0.39 is 6.10 Å². The number of aromatic nitrogens is 5. The highest BCUT2D eigenvalue weighted by atomic mass is 16.3. The van der Waals surface area contributed by atoms with Crippen LogP contribution in [0.4, 0.5) is 11.6 Å². The molecule has 164 valence electrons. The summed E-state index contributed by atoms with van der Waals surface area (Å²) in [6.07, 6.45) is 6.82. The molecule has 1 saturated carbocycles. The molecule has 9 heteroatoms. The van der Waals surface area contributed by atoms with Crippen molar-refractivity contribution in [3.63, 3.8) is 0 Å². The standard InChI is InChI=1S/C22H29N7O2/c1-14-11-16-21(26-14)22(25-13-24-16)23-12-15-5-2-3-10-28(15)19-8-9-20(31)29(27-19)17-6-4-7-18(17)30/h8-9,11,13,15,17-18,26,30H,2-7,10,12H2,1H3,(H,23,24,25). The highest BCUT2D eigenvalue weighted by Crippen LogP contribution is 2.30. The Balaban J connectivity index is 1.38. The lowest BCUT2D eigenvalue weighted by molar-refractivity contribution is 0.127. The van der Waals surface area contributed by atoms with E-state index in [-0.39, 0.29) is 17.6 Å². The van der Waals surface area contributed by atoms with Crippen LogP contribution in [0.1, 0.15) is 50.3 Å². The summed E-state index contributed by atoms with van der Waals surface area (Å²) in [4.78, 5) is 26.8. The third-order valence-electron chi connectivity index (χ3n) is 6.55. The molecule has 3 aromatic rings. The molecule has 3 aromatic heterocycles. The van der Waals surface area contributed by atoms with E-state index >= 15 is 0 Å². The monoisotopic (exact) mass is 423 g/mol. The molecule has 31 heavy (non-hydrogen) atoms. The number of fused-ring (bicyclic) bond motifs is 1. The fourth-order valence-electron chi connectivity index (χ4n) is 4.95. The molecule has 0 aromatic carbocycles. The van der Waals surface area contributed by atoms with Crippen molar-refractivity contribution < 1.29 is 5.11 Å². The third kappa shape index (κ3) is 3.89. The normalized spacial score (nSPS) is 24.1. The summed E-state index contributed by atoms with van der Waals surface area (Å²) >= 11 is 0. The Kier molecular flexibility index (Phi) is 5.35. The molecule has 4 heterocycles. The van der Waals surface area contributed by atoms with Crippen molar-refractivity contribution in [2.75, 3.05) is 23.3 Å². The second kappa shape index (κ2) is 8.30. The van der Waals surface area contributed by atoms with Gasteiger partial charge in [-0.2, -0.15) is 5.10 Å². The summed E-state index contributed by atoms with van der Waals surface area (Å²) in [6, 6.07) is 5.43. The van der Waals surface area contributed by atoms with Gasteiger partial charge in [0.05, 0.1) is 17.7 Å². The zero-order valence-corrected chi connectivity index (χ0v) is 17.8. The number of aryl methyl sites for hydroxylation is 1. The molecule has 3 N–H and O–H groups in total. The van der Waals surface area contributed by atoms with E-state index in [2.05, 4.69) is 25.2 Å². The van der Waals surface area contributed by atoms with Gasteiger partial charge in [-0.1, -0.05) is 0 Å². The van der Waals surface area contributed by atoms with Gasteiger partial charge in [-0.15, -0.1) is 0 Å². The predicted molar refractivity (Wildman–Crippen MR) is 119 cm³/mol. The minimum absolute atomic E-state index is 0.146. The van der Waals surface area contributed by atoms with E-state index in [1.54, 1.807) is 12.4 Å². The Morgan fingerprint density at radius 3 is 2.94 bits per heavy atom. The highest BCUT2D eigenvalue weighted by molar-refractivity contribution is 5.86. The van der Waals surface area contributed by atoms with Gasteiger partial charge in [0, 0.05) is 30.9 Å². The maximum absolute atomic E-state index is 12.4. The molecule has 5 rings (SSSR count). The van der Waals surface area contributed by atoms with Crippen LogP contribution in [0.25, 0.3) is 11.0 Å². The number of aromatic amines is 1. The Hall–Kier alpha value is -2.94. The molecule has 1 saturated heterocycles. The molecule has 9 nitrogen and oxygen atoms in total. The second-order valence-corrected chi connectivity index (χ2v) is 8.70. The first-order chi connectivity index (χ1) is 15.1. The van der Waals surface area contributed by atoms with Crippen LogP contribution in [0.15, 0.2) is 29.3 Å². The zero-order valence-electron chi connectivity index (χ0n) is 17.8. The maximum Gasteiger partial charge on any atom is 0.267 e. The van der Waals surface area contributed by atoms with E-state index in [1.165, 1.54) is 4.68 Å². The van der Waals surface area contributed by atoms with Gasteiger partial charge in [-0.3, -0.25) is 4.79 Å². The SMILES string of the molecule is Cc1cc2ncnc(NCC3CCCCN3c3ccc(=O)n(C4CCCC4O)n3)c2[nH]1. The Morgan fingerprint density at radius 2 is 2.10 bits per heavy atom. The molecular formula is C22H29N7O2. The number of aliphatic hydroxyl groups is 1. The lowest BCUT2D eigenvalue weighted by atomic mass is 10.0. The number of rotatable bonds is 5. The van der Waals surface area contributed by atoms with E-state index in [0.29, 0.717) is 0 Å². The lowest BCUT2D eigenvalue weighted by Gasteiger charge is -2.37. The van der Waals surface area contributed by atoms with Gasteiger partial charge in [0.25, 0.3) is 5.56 Å². The minimum Gasteiger partial charge on any atom is -0.391 e. The molecule has 0 bridgehead atoms. The molecule has 1 aliphatic carbocycles. The Morgan fingerprint density at radius 1 is 1.19 bits per heavy atom. The summed E-state index contributed by atoms with van der Waals surface area (Å²) < 4.78 is 1.50. The lowest BCUT2D eigenvalue weighted by Crippen LogP contribution is -2.45. The van der Waals surface area contributed by atoms with Crippen LogP contribution in [0, 0.1) is 6.92 Å². The molecule has 0 amide bonds. The topological polar surface area (TPSA) is 112 Å². The number of piperidine rings is 1. The van der Waals surface area contributed by atoms with Crippen molar-refractivity contribution in [3.8, 4) is 0 Å². The summed E-state index contributed by atoms with van der Waals surface area (Å²) in [6.45, 7) is 3.62. The van der Waals surface area contributed by atoms with E-state index in [4.69, 9.17) is 5.10 Å². The van der Waals surface area contributed by atoms with Crippen LogP contribution in [-0.4, -0.2) is 55.1 Å². The van der Waals surface area contributed by atoms with Crippen molar-refractivity contribution in [2.45, 2.75) is 63.6 Å². The van der Waals surface area contributed by atoms with Crippen LogP contribution in [-0.2, 0) is 0 Å². The Labute approximate surface area is 180 Å². The zero-order chi connectivity index (χ0) is 21.4. The fourth-order valence-corrected chi connectivity index (χ4v) is 4.95. The first kappa shape index (κ1) is 20.0. The third-order valence-corrected chi connectivity index (χ3v) is 6.55. The second-order valence-electron chi connectivity index (χ2n) is 8.70. The molecule has 2 fully saturated rings. The fraction of sp³-hybridized carbons (Fsp3) is 0.545.